The lowest BCUT2D eigenvalue weighted by atomic mass is 10.5. The minimum absolute atomic E-state index is 0.211. The van der Waals surface area contributed by atoms with Crippen LogP contribution in [0.1, 0.15) is 12.8 Å². The zero-order valence-electron chi connectivity index (χ0n) is 9.98. The first-order chi connectivity index (χ1) is 8.24. The molecule has 94 valence electrons. The van der Waals surface area contributed by atoms with E-state index in [9.17, 15) is 0 Å². The van der Waals surface area contributed by atoms with Gasteiger partial charge in [-0.15, -0.1) is 0 Å². The first-order valence-electron chi connectivity index (χ1n) is 5.59. The molecule has 6 nitrogen and oxygen atoms in total. The molecule has 1 aliphatic carbocycles. The third-order valence-electron chi connectivity index (χ3n) is 2.60. The molecule has 0 atom stereocenters. The highest BCUT2D eigenvalue weighted by atomic mass is 35.5. The number of hydrogen-bond donors (Lipinski definition) is 1. The first kappa shape index (κ1) is 12.3. The second-order valence-corrected chi connectivity index (χ2v) is 4.23. The van der Waals surface area contributed by atoms with Crippen LogP contribution in [0.2, 0.25) is 5.28 Å². The molecule has 0 saturated heterocycles. The van der Waals surface area contributed by atoms with Crippen molar-refractivity contribution in [3.8, 4) is 0 Å². The molecular weight excluding hydrogens is 242 g/mol. The fourth-order valence-electron chi connectivity index (χ4n) is 1.60. The van der Waals surface area contributed by atoms with Crippen LogP contribution in [0.5, 0.6) is 0 Å². The van der Waals surface area contributed by atoms with Gasteiger partial charge in [0, 0.05) is 26.7 Å². The minimum atomic E-state index is 0.211. The smallest absolute Gasteiger partial charge is 0.231 e. The van der Waals surface area contributed by atoms with Crippen LogP contribution in [0.3, 0.4) is 0 Å². The van der Waals surface area contributed by atoms with Gasteiger partial charge >= 0.3 is 0 Å². The fraction of sp³-hybridized carbons (Fsp3) is 0.700. The van der Waals surface area contributed by atoms with Gasteiger partial charge in [-0.2, -0.15) is 15.0 Å². The molecule has 7 heteroatoms. The average Bonchev–Trinajstić information content (AvgIpc) is 3.13. The summed E-state index contributed by atoms with van der Waals surface area (Å²) in [4.78, 5) is 14.6. The Morgan fingerprint density at radius 3 is 2.76 bits per heavy atom. The maximum Gasteiger partial charge on any atom is 0.231 e. The Morgan fingerprint density at radius 2 is 2.18 bits per heavy atom. The third-order valence-corrected chi connectivity index (χ3v) is 2.77. The van der Waals surface area contributed by atoms with E-state index in [1.54, 1.807) is 14.2 Å². The number of halogens is 1. The van der Waals surface area contributed by atoms with Crippen LogP contribution >= 0.6 is 11.6 Å². The maximum atomic E-state index is 5.87. The molecule has 1 fully saturated rings. The second-order valence-electron chi connectivity index (χ2n) is 3.90. The van der Waals surface area contributed by atoms with Gasteiger partial charge in [0.05, 0.1) is 6.61 Å². The van der Waals surface area contributed by atoms with Gasteiger partial charge in [0.2, 0.25) is 17.2 Å². The van der Waals surface area contributed by atoms with Crippen molar-refractivity contribution < 1.29 is 4.74 Å². The highest BCUT2D eigenvalue weighted by Gasteiger charge is 2.31. The van der Waals surface area contributed by atoms with E-state index >= 15 is 0 Å². The van der Waals surface area contributed by atoms with Gasteiger partial charge in [0.25, 0.3) is 0 Å². The second kappa shape index (κ2) is 5.46. The first-order valence-corrected chi connectivity index (χ1v) is 5.97. The van der Waals surface area contributed by atoms with Crippen molar-refractivity contribution in [2.24, 2.45) is 0 Å². The molecule has 1 N–H and O–H groups in total. The van der Waals surface area contributed by atoms with Crippen LogP contribution in [-0.2, 0) is 4.74 Å². The summed E-state index contributed by atoms with van der Waals surface area (Å²) in [5.74, 6) is 1.11. The minimum Gasteiger partial charge on any atom is -0.383 e. The Morgan fingerprint density at radius 1 is 1.41 bits per heavy atom. The lowest BCUT2D eigenvalue weighted by Gasteiger charge is -2.22. The molecule has 1 heterocycles. The number of hydrogen-bond acceptors (Lipinski definition) is 6. The number of methoxy groups -OCH3 is 1. The number of nitrogens with one attached hydrogen (secondary N) is 1. The topological polar surface area (TPSA) is 63.2 Å². The van der Waals surface area contributed by atoms with Gasteiger partial charge in [-0.05, 0) is 24.4 Å². The Labute approximate surface area is 105 Å². The summed E-state index contributed by atoms with van der Waals surface area (Å²) in [5.41, 5.74) is 0. The van der Waals surface area contributed by atoms with Crippen LogP contribution in [0.4, 0.5) is 11.9 Å². The Balaban J connectivity index is 2.18. The van der Waals surface area contributed by atoms with Gasteiger partial charge < -0.3 is 15.0 Å². The molecule has 0 spiro atoms. The van der Waals surface area contributed by atoms with Crippen molar-refractivity contribution >= 4 is 23.5 Å². The number of rotatable bonds is 6. The van der Waals surface area contributed by atoms with Crippen molar-refractivity contribution in [1.29, 1.82) is 0 Å². The van der Waals surface area contributed by atoms with Crippen molar-refractivity contribution in [2.45, 2.75) is 18.9 Å². The van der Waals surface area contributed by atoms with E-state index in [2.05, 4.69) is 25.2 Å². The highest BCUT2D eigenvalue weighted by Crippen LogP contribution is 2.30. The van der Waals surface area contributed by atoms with Crippen LogP contribution in [0.25, 0.3) is 0 Å². The Bertz CT molecular complexity index is 385. The van der Waals surface area contributed by atoms with Gasteiger partial charge in [-0.1, -0.05) is 0 Å². The molecule has 1 saturated carbocycles. The van der Waals surface area contributed by atoms with E-state index < -0.39 is 0 Å². The summed E-state index contributed by atoms with van der Waals surface area (Å²) in [6.07, 6.45) is 2.34. The molecule has 2 rings (SSSR count). The molecule has 1 aromatic heterocycles. The zero-order valence-corrected chi connectivity index (χ0v) is 10.7. The third kappa shape index (κ3) is 3.17. The normalized spacial score (nSPS) is 14.8. The number of nitrogens with zero attached hydrogens (tertiary/aromatic N) is 4. The van der Waals surface area contributed by atoms with E-state index in [0.29, 0.717) is 24.5 Å². The quantitative estimate of drug-likeness (QED) is 0.826. The zero-order chi connectivity index (χ0) is 12.3. The van der Waals surface area contributed by atoms with Crippen LogP contribution in [0, 0.1) is 0 Å². The summed E-state index contributed by atoms with van der Waals surface area (Å²) in [6, 6.07) is 0.508. The van der Waals surface area contributed by atoms with E-state index in [-0.39, 0.29) is 5.28 Å². The molecule has 0 amide bonds. The summed E-state index contributed by atoms with van der Waals surface area (Å²) in [6.45, 7) is 1.42. The predicted octanol–water partition coefficient (Wildman–Crippen LogP) is 1.18. The lowest BCUT2D eigenvalue weighted by Crippen LogP contribution is -2.31. The standard InChI is InChI=1S/C10H16ClN5O/c1-12-9-13-8(11)14-10(15-9)16(5-6-17-2)7-3-4-7/h7H,3-6H2,1-2H3,(H,12,13,14,15). The maximum absolute atomic E-state index is 5.87. The molecule has 0 unspecified atom stereocenters. The van der Waals surface area contributed by atoms with E-state index in [0.717, 1.165) is 6.54 Å². The van der Waals surface area contributed by atoms with Crippen LogP contribution in [-0.4, -0.2) is 48.3 Å². The van der Waals surface area contributed by atoms with Crippen molar-refractivity contribution in [2.75, 3.05) is 37.5 Å². The fourth-order valence-corrected chi connectivity index (χ4v) is 1.76. The van der Waals surface area contributed by atoms with Crippen molar-refractivity contribution in [1.82, 2.24) is 15.0 Å². The molecule has 1 aliphatic rings. The number of aromatic nitrogens is 3. The van der Waals surface area contributed by atoms with E-state index in [1.165, 1.54) is 12.8 Å². The van der Waals surface area contributed by atoms with Gasteiger partial charge in [0.1, 0.15) is 0 Å². The predicted molar refractivity (Wildman–Crippen MR) is 66.6 cm³/mol. The highest BCUT2D eigenvalue weighted by molar-refractivity contribution is 6.28. The SMILES string of the molecule is CNc1nc(Cl)nc(N(CCOC)C2CC2)n1. The van der Waals surface area contributed by atoms with Gasteiger partial charge in [-0.25, -0.2) is 0 Å². The average molecular weight is 258 g/mol. The van der Waals surface area contributed by atoms with Crippen LogP contribution in [0.15, 0.2) is 0 Å². The molecule has 0 aromatic carbocycles. The lowest BCUT2D eigenvalue weighted by molar-refractivity contribution is 0.204. The monoisotopic (exact) mass is 257 g/mol. The molecule has 0 radical (unpaired) electrons. The van der Waals surface area contributed by atoms with E-state index in [1.807, 2.05) is 0 Å². The van der Waals surface area contributed by atoms with Gasteiger partial charge in [-0.3, -0.25) is 0 Å². The number of anilines is 2. The number of ether oxygens (including phenoxy) is 1. The summed E-state index contributed by atoms with van der Waals surface area (Å²) >= 11 is 5.87. The molecule has 0 aliphatic heterocycles. The molecule has 1 aromatic rings. The van der Waals surface area contributed by atoms with Crippen molar-refractivity contribution in [3.63, 3.8) is 0 Å². The Kier molecular flexibility index (Phi) is 3.96. The van der Waals surface area contributed by atoms with E-state index in [4.69, 9.17) is 16.3 Å². The van der Waals surface area contributed by atoms with Crippen LogP contribution < -0.4 is 10.2 Å². The Hall–Kier alpha value is -1.14. The molecular formula is C10H16ClN5O. The van der Waals surface area contributed by atoms with Crippen molar-refractivity contribution in [3.05, 3.63) is 5.28 Å². The summed E-state index contributed by atoms with van der Waals surface area (Å²) in [5, 5.41) is 3.08. The summed E-state index contributed by atoms with van der Waals surface area (Å²) < 4.78 is 5.10. The van der Waals surface area contributed by atoms with Gasteiger partial charge in [0.15, 0.2) is 0 Å². The summed E-state index contributed by atoms with van der Waals surface area (Å²) in [7, 11) is 3.44. The molecule has 0 bridgehead atoms. The largest absolute Gasteiger partial charge is 0.383 e. The molecule has 17 heavy (non-hydrogen) atoms.